The molecule has 1 saturated carbocycles. The lowest BCUT2D eigenvalue weighted by Gasteiger charge is -2.49. The summed E-state index contributed by atoms with van der Waals surface area (Å²) >= 11 is 0. The fraction of sp³-hybridized carbons (Fsp3) is 0.760. The largest absolute Gasteiger partial charge is 0.300 e. The van der Waals surface area contributed by atoms with E-state index < -0.39 is 0 Å². The SMILES string of the molecule is CCc1ccc(C2(N(C)C)CCC(N3CCC(CC)CC3)CC2)c(CC)c1. The lowest BCUT2D eigenvalue weighted by molar-refractivity contribution is 0.0350. The highest BCUT2D eigenvalue weighted by Crippen LogP contribution is 2.44. The molecule has 0 unspecified atom stereocenters. The molecule has 0 spiro atoms. The Morgan fingerprint density at radius 1 is 0.963 bits per heavy atom. The quantitative estimate of drug-likeness (QED) is 0.640. The summed E-state index contributed by atoms with van der Waals surface area (Å²) in [6.45, 7) is 9.63. The molecule has 2 nitrogen and oxygen atoms in total. The molecule has 0 N–H and O–H groups in total. The van der Waals surface area contributed by atoms with Crippen molar-refractivity contribution < 1.29 is 0 Å². The zero-order valence-corrected chi connectivity index (χ0v) is 18.6. The van der Waals surface area contributed by atoms with Crippen molar-refractivity contribution in [3.05, 3.63) is 34.9 Å². The van der Waals surface area contributed by atoms with Gasteiger partial charge in [-0.25, -0.2) is 0 Å². The molecule has 1 aromatic rings. The van der Waals surface area contributed by atoms with Crippen LogP contribution in [0.15, 0.2) is 18.2 Å². The normalized spacial score (nSPS) is 28.0. The summed E-state index contributed by atoms with van der Waals surface area (Å²) in [5.74, 6) is 0.981. The zero-order chi connectivity index (χ0) is 19.4. The maximum absolute atomic E-state index is 2.83. The second-order valence-corrected chi connectivity index (χ2v) is 9.24. The molecule has 27 heavy (non-hydrogen) atoms. The average molecular weight is 371 g/mol. The van der Waals surface area contributed by atoms with Crippen LogP contribution in [0.3, 0.4) is 0 Å². The van der Waals surface area contributed by atoms with E-state index in [1.165, 1.54) is 63.6 Å². The van der Waals surface area contributed by atoms with Crippen LogP contribution in [0.2, 0.25) is 0 Å². The molecule has 1 heterocycles. The summed E-state index contributed by atoms with van der Waals surface area (Å²) in [7, 11) is 4.61. The van der Waals surface area contributed by atoms with E-state index in [9.17, 15) is 0 Å². The van der Waals surface area contributed by atoms with Gasteiger partial charge in [-0.05, 0) is 101 Å². The highest BCUT2D eigenvalue weighted by atomic mass is 15.2. The van der Waals surface area contributed by atoms with Crippen LogP contribution in [0.25, 0.3) is 0 Å². The van der Waals surface area contributed by atoms with E-state index in [4.69, 9.17) is 0 Å². The lowest BCUT2D eigenvalue weighted by Crippen LogP contribution is -2.50. The fourth-order valence-corrected chi connectivity index (χ4v) is 5.74. The van der Waals surface area contributed by atoms with Crippen LogP contribution < -0.4 is 0 Å². The second-order valence-electron chi connectivity index (χ2n) is 9.24. The van der Waals surface area contributed by atoms with E-state index in [1.54, 1.807) is 11.1 Å². The Hall–Kier alpha value is -0.860. The molecule has 1 aromatic carbocycles. The lowest BCUT2D eigenvalue weighted by atomic mass is 9.71. The standard InChI is InChI=1S/C25H42N2/c1-6-20-13-17-27(18-14-20)23-11-15-25(16-12-23,26(4)5)24-10-9-21(7-2)19-22(24)8-3/h9-10,19-20,23H,6-8,11-18H2,1-5H3. The van der Waals surface area contributed by atoms with Crippen molar-refractivity contribution in [3.63, 3.8) is 0 Å². The highest BCUT2D eigenvalue weighted by molar-refractivity contribution is 5.38. The number of nitrogens with zero attached hydrogens (tertiary/aromatic N) is 2. The minimum absolute atomic E-state index is 0.232. The molecule has 0 radical (unpaired) electrons. The third-order valence-electron chi connectivity index (χ3n) is 7.84. The van der Waals surface area contributed by atoms with Gasteiger partial charge in [0.05, 0.1) is 0 Å². The smallest absolute Gasteiger partial charge is 0.0458 e. The molecule has 2 aliphatic rings. The van der Waals surface area contributed by atoms with Crippen molar-refractivity contribution in [2.75, 3.05) is 27.2 Å². The van der Waals surface area contributed by atoms with Crippen LogP contribution in [-0.2, 0) is 18.4 Å². The molecule has 1 aliphatic heterocycles. The Morgan fingerprint density at radius 2 is 1.63 bits per heavy atom. The van der Waals surface area contributed by atoms with Crippen LogP contribution in [0.4, 0.5) is 0 Å². The van der Waals surface area contributed by atoms with Gasteiger partial charge in [0.15, 0.2) is 0 Å². The molecule has 0 amide bonds. The minimum Gasteiger partial charge on any atom is -0.300 e. The van der Waals surface area contributed by atoms with Crippen LogP contribution >= 0.6 is 0 Å². The number of aryl methyl sites for hydroxylation is 2. The number of benzene rings is 1. The molecule has 152 valence electrons. The Balaban J connectivity index is 1.75. The van der Waals surface area contributed by atoms with Crippen molar-refractivity contribution in [3.8, 4) is 0 Å². The maximum Gasteiger partial charge on any atom is 0.0458 e. The van der Waals surface area contributed by atoms with E-state index in [0.29, 0.717) is 0 Å². The van der Waals surface area contributed by atoms with Crippen molar-refractivity contribution in [2.24, 2.45) is 5.92 Å². The first-order valence-electron chi connectivity index (χ1n) is 11.6. The summed E-state index contributed by atoms with van der Waals surface area (Å²) in [4.78, 5) is 5.36. The predicted octanol–water partition coefficient (Wildman–Crippen LogP) is 5.63. The molecule has 2 fully saturated rings. The van der Waals surface area contributed by atoms with Crippen LogP contribution in [-0.4, -0.2) is 43.0 Å². The van der Waals surface area contributed by atoms with Gasteiger partial charge in [0, 0.05) is 11.6 Å². The molecular formula is C25H42N2. The van der Waals surface area contributed by atoms with Gasteiger partial charge < -0.3 is 4.90 Å². The second kappa shape index (κ2) is 9.09. The van der Waals surface area contributed by atoms with Crippen molar-refractivity contribution in [2.45, 2.75) is 90.1 Å². The third kappa shape index (κ3) is 4.27. The minimum atomic E-state index is 0.232. The number of likely N-dealkylation sites (tertiary alicyclic amines) is 1. The van der Waals surface area contributed by atoms with Crippen molar-refractivity contribution >= 4 is 0 Å². The molecule has 1 saturated heterocycles. The van der Waals surface area contributed by atoms with Gasteiger partial charge in [0.1, 0.15) is 0 Å². The summed E-state index contributed by atoms with van der Waals surface area (Å²) in [5, 5.41) is 0. The topological polar surface area (TPSA) is 6.48 Å². The maximum atomic E-state index is 2.83. The number of rotatable bonds is 6. The zero-order valence-electron chi connectivity index (χ0n) is 18.6. The van der Waals surface area contributed by atoms with Crippen molar-refractivity contribution in [1.29, 1.82) is 0 Å². The molecule has 0 bridgehead atoms. The predicted molar refractivity (Wildman–Crippen MR) is 117 cm³/mol. The Morgan fingerprint density at radius 3 is 2.15 bits per heavy atom. The van der Waals surface area contributed by atoms with Gasteiger partial charge in [0.2, 0.25) is 0 Å². The summed E-state index contributed by atoms with van der Waals surface area (Å²) < 4.78 is 0. The number of piperidine rings is 1. The van der Waals surface area contributed by atoms with Gasteiger partial charge in [0.25, 0.3) is 0 Å². The summed E-state index contributed by atoms with van der Waals surface area (Å²) in [5.41, 5.74) is 4.90. The molecule has 0 aromatic heterocycles. The van der Waals surface area contributed by atoms with Gasteiger partial charge in [-0.1, -0.05) is 45.4 Å². The van der Waals surface area contributed by atoms with Crippen LogP contribution in [0.1, 0.15) is 82.4 Å². The molecule has 3 rings (SSSR count). The van der Waals surface area contributed by atoms with Crippen molar-refractivity contribution in [1.82, 2.24) is 9.80 Å². The van der Waals surface area contributed by atoms with E-state index in [1.807, 2.05) is 0 Å². The average Bonchev–Trinajstić information content (AvgIpc) is 2.73. The number of hydrogen-bond donors (Lipinski definition) is 0. The molecule has 2 heteroatoms. The van der Waals surface area contributed by atoms with Gasteiger partial charge in [-0.15, -0.1) is 0 Å². The fourth-order valence-electron chi connectivity index (χ4n) is 5.74. The van der Waals surface area contributed by atoms with E-state index in [2.05, 4.69) is 62.9 Å². The van der Waals surface area contributed by atoms with Gasteiger partial charge in [-0.3, -0.25) is 4.90 Å². The van der Waals surface area contributed by atoms with Crippen LogP contribution in [0, 0.1) is 5.92 Å². The van der Waals surface area contributed by atoms with E-state index >= 15 is 0 Å². The van der Waals surface area contributed by atoms with Gasteiger partial charge >= 0.3 is 0 Å². The van der Waals surface area contributed by atoms with Crippen LogP contribution in [0.5, 0.6) is 0 Å². The number of hydrogen-bond acceptors (Lipinski definition) is 2. The Bertz CT molecular complexity index is 590. The third-order valence-corrected chi connectivity index (χ3v) is 7.84. The Labute approximate surface area is 168 Å². The molecular weight excluding hydrogens is 328 g/mol. The summed E-state index contributed by atoms with van der Waals surface area (Å²) in [6, 6.07) is 8.13. The first-order chi connectivity index (χ1) is 13.0. The first kappa shape index (κ1) is 20.9. The first-order valence-corrected chi connectivity index (χ1v) is 11.6. The molecule has 1 aliphatic carbocycles. The van der Waals surface area contributed by atoms with Gasteiger partial charge in [-0.2, -0.15) is 0 Å². The molecule has 0 atom stereocenters. The monoisotopic (exact) mass is 370 g/mol. The highest BCUT2D eigenvalue weighted by Gasteiger charge is 2.41. The summed E-state index contributed by atoms with van der Waals surface area (Å²) in [6.07, 6.45) is 11.8. The van der Waals surface area contributed by atoms with E-state index in [-0.39, 0.29) is 5.54 Å². The van der Waals surface area contributed by atoms with E-state index in [0.717, 1.165) is 24.8 Å². The Kier molecular flexibility index (Phi) is 7.03.